The van der Waals surface area contributed by atoms with Gasteiger partial charge in [-0.25, -0.2) is 13.1 Å². The number of carbonyl (C=O) groups excluding carboxylic acids is 1. The minimum absolute atomic E-state index is 0.0144. The van der Waals surface area contributed by atoms with E-state index in [2.05, 4.69) is 34.1 Å². The summed E-state index contributed by atoms with van der Waals surface area (Å²) in [6.07, 6.45) is 8.36. The second-order valence-corrected chi connectivity index (χ2v) is 11.0. The number of nitrogens with zero attached hydrogens (tertiary/aromatic N) is 1. The number of fused-ring (bicyclic) bond motifs is 2. The van der Waals surface area contributed by atoms with Gasteiger partial charge >= 0.3 is 0 Å². The monoisotopic (exact) mass is 465 g/mol. The largest absolute Gasteiger partial charge is 0.361 e. The molecule has 1 fully saturated rings. The second-order valence-electron chi connectivity index (χ2n) is 9.23. The molecule has 1 aliphatic carbocycles. The highest BCUT2D eigenvalue weighted by Crippen LogP contribution is 2.33. The molecule has 0 bridgehead atoms. The van der Waals surface area contributed by atoms with E-state index in [1.54, 1.807) is 12.1 Å². The summed E-state index contributed by atoms with van der Waals surface area (Å²) in [5.74, 6) is 0.452. The summed E-state index contributed by atoms with van der Waals surface area (Å²) >= 11 is 0. The van der Waals surface area contributed by atoms with Crippen molar-refractivity contribution in [1.29, 1.82) is 0 Å². The van der Waals surface area contributed by atoms with Crippen molar-refractivity contribution in [2.45, 2.75) is 55.8 Å². The maximum absolute atomic E-state index is 12.7. The van der Waals surface area contributed by atoms with E-state index < -0.39 is 10.0 Å². The standard InChI is InChI=1S/C26H31N3O3S/c30-26(11-14-28-33(31,32)22-10-9-19-5-1-2-6-21(19)17-22)29-15-12-20(13-16-29)24-18-27-25-8-4-3-7-23(24)25/h3-4,7-10,17-18,20,27-28H,1-2,5-6,11-16H2. The first-order valence-electron chi connectivity index (χ1n) is 12.0. The first-order valence-corrected chi connectivity index (χ1v) is 13.4. The van der Waals surface area contributed by atoms with Crippen LogP contribution in [-0.4, -0.2) is 43.8 Å². The molecule has 0 spiro atoms. The zero-order valence-electron chi connectivity index (χ0n) is 18.8. The van der Waals surface area contributed by atoms with E-state index in [0.29, 0.717) is 23.9 Å². The molecule has 1 aliphatic heterocycles. The van der Waals surface area contributed by atoms with E-state index in [0.717, 1.165) is 43.2 Å². The number of amides is 1. The van der Waals surface area contributed by atoms with Gasteiger partial charge in [-0.2, -0.15) is 0 Å². The highest BCUT2D eigenvalue weighted by Gasteiger charge is 2.25. The lowest BCUT2D eigenvalue weighted by Gasteiger charge is -2.32. The fraction of sp³-hybridized carbons (Fsp3) is 0.423. The molecule has 1 amide bonds. The van der Waals surface area contributed by atoms with Crippen LogP contribution in [0.5, 0.6) is 0 Å². The van der Waals surface area contributed by atoms with Gasteiger partial charge in [0.2, 0.25) is 15.9 Å². The van der Waals surface area contributed by atoms with Gasteiger partial charge in [0, 0.05) is 43.2 Å². The number of rotatable bonds is 6. The Morgan fingerprint density at radius 2 is 1.79 bits per heavy atom. The molecule has 7 heteroatoms. The Balaban J connectivity index is 1.13. The molecule has 0 radical (unpaired) electrons. The first kappa shape index (κ1) is 22.2. The fourth-order valence-corrected chi connectivity index (χ4v) is 6.36. The van der Waals surface area contributed by atoms with Crippen molar-refractivity contribution < 1.29 is 13.2 Å². The van der Waals surface area contributed by atoms with Crippen molar-refractivity contribution in [3.63, 3.8) is 0 Å². The molecule has 6 nitrogen and oxygen atoms in total. The molecule has 174 valence electrons. The van der Waals surface area contributed by atoms with Crippen LogP contribution in [0.4, 0.5) is 0 Å². The minimum atomic E-state index is -3.60. The molecular formula is C26H31N3O3S. The van der Waals surface area contributed by atoms with Crippen LogP contribution in [0, 0.1) is 0 Å². The van der Waals surface area contributed by atoms with Gasteiger partial charge < -0.3 is 9.88 Å². The molecule has 0 saturated carbocycles. The average Bonchev–Trinajstić information content (AvgIpc) is 3.28. The Hall–Kier alpha value is -2.64. The summed E-state index contributed by atoms with van der Waals surface area (Å²) in [7, 11) is -3.60. The smallest absolute Gasteiger partial charge is 0.240 e. The van der Waals surface area contributed by atoms with Crippen LogP contribution in [-0.2, 0) is 27.7 Å². The first-order chi connectivity index (χ1) is 16.0. The number of hydrogen-bond acceptors (Lipinski definition) is 3. The van der Waals surface area contributed by atoms with Crippen LogP contribution in [0.3, 0.4) is 0 Å². The van der Waals surface area contributed by atoms with E-state index in [4.69, 9.17) is 0 Å². The van der Waals surface area contributed by atoms with Crippen LogP contribution in [0.15, 0.2) is 53.6 Å². The highest BCUT2D eigenvalue weighted by molar-refractivity contribution is 7.89. The third-order valence-electron chi connectivity index (χ3n) is 7.17. The van der Waals surface area contributed by atoms with Crippen LogP contribution in [0.2, 0.25) is 0 Å². The van der Waals surface area contributed by atoms with Gasteiger partial charge in [0.05, 0.1) is 4.90 Å². The Bertz CT molecular complexity index is 1260. The number of nitrogens with one attached hydrogen (secondary N) is 2. The number of para-hydroxylation sites is 1. The van der Waals surface area contributed by atoms with Crippen molar-refractivity contribution in [3.8, 4) is 0 Å². The SMILES string of the molecule is O=C(CCNS(=O)(=O)c1ccc2c(c1)CCCC2)N1CCC(c2c[nH]c3ccccc23)CC1. The number of piperidine rings is 1. The quantitative estimate of drug-likeness (QED) is 0.575. The van der Waals surface area contributed by atoms with E-state index in [-0.39, 0.29) is 18.9 Å². The Morgan fingerprint density at radius 1 is 1.03 bits per heavy atom. The van der Waals surface area contributed by atoms with Crippen molar-refractivity contribution in [2.24, 2.45) is 0 Å². The molecule has 0 atom stereocenters. The van der Waals surface area contributed by atoms with Gasteiger partial charge in [0.1, 0.15) is 0 Å². The van der Waals surface area contributed by atoms with Crippen molar-refractivity contribution in [1.82, 2.24) is 14.6 Å². The zero-order chi connectivity index (χ0) is 22.8. The second kappa shape index (κ2) is 9.31. The molecule has 1 aromatic heterocycles. The van der Waals surface area contributed by atoms with Gasteiger partial charge in [-0.1, -0.05) is 24.3 Å². The average molecular weight is 466 g/mol. The molecule has 33 heavy (non-hydrogen) atoms. The molecule has 5 rings (SSSR count). The van der Waals surface area contributed by atoms with Crippen molar-refractivity contribution >= 4 is 26.8 Å². The molecule has 2 aliphatic rings. The summed E-state index contributed by atoms with van der Waals surface area (Å²) in [6.45, 7) is 1.54. The Morgan fingerprint density at radius 3 is 2.61 bits per heavy atom. The van der Waals surface area contributed by atoms with E-state index in [1.807, 2.05) is 17.0 Å². The topological polar surface area (TPSA) is 82.3 Å². The lowest BCUT2D eigenvalue weighted by atomic mass is 9.89. The Labute approximate surface area is 195 Å². The maximum atomic E-state index is 12.7. The number of sulfonamides is 1. The predicted molar refractivity (Wildman–Crippen MR) is 130 cm³/mol. The third kappa shape index (κ3) is 4.70. The number of carbonyl (C=O) groups is 1. The Kier molecular flexibility index (Phi) is 6.25. The number of aryl methyl sites for hydroxylation is 2. The summed E-state index contributed by atoms with van der Waals surface area (Å²) < 4.78 is 28.1. The predicted octanol–water partition coefficient (Wildman–Crippen LogP) is 4.12. The van der Waals surface area contributed by atoms with Crippen LogP contribution < -0.4 is 4.72 Å². The summed E-state index contributed by atoms with van der Waals surface area (Å²) in [5, 5.41) is 1.26. The number of aromatic nitrogens is 1. The zero-order valence-corrected chi connectivity index (χ0v) is 19.7. The van der Waals surface area contributed by atoms with E-state index in [1.165, 1.54) is 22.9 Å². The molecule has 0 unspecified atom stereocenters. The van der Waals surface area contributed by atoms with Crippen molar-refractivity contribution in [3.05, 3.63) is 65.4 Å². The number of aromatic amines is 1. The van der Waals surface area contributed by atoms with Crippen LogP contribution in [0.25, 0.3) is 10.9 Å². The number of likely N-dealkylation sites (tertiary alicyclic amines) is 1. The molecule has 2 N–H and O–H groups in total. The van der Waals surface area contributed by atoms with Gasteiger partial charge in [0.15, 0.2) is 0 Å². The van der Waals surface area contributed by atoms with Crippen LogP contribution in [0.1, 0.15) is 54.7 Å². The number of H-pyrrole nitrogens is 1. The fourth-order valence-electron chi connectivity index (χ4n) is 5.28. The molecule has 2 heterocycles. The van der Waals surface area contributed by atoms with Gasteiger partial charge in [0.25, 0.3) is 0 Å². The molecular weight excluding hydrogens is 434 g/mol. The van der Waals surface area contributed by atoms with Gasteiger partial charge in [-0.05, 0) is 79.3 Å². The lowest BCUT2D eigenvalue weighted by molar-refractivity contribution is -0.132. The molecule has 1 saturated heterocycles. The molecule has 2 aromatic carbocycles. The van der Waals surface area contributed by atoms with Crippen molar-refractivity contribution in [2.75, 3.05) is 19.6 Å². The molecule has 3 aromatic rings. The van der Waals surface area contributed by atoms with Gasteiger partial charge in [-0.3, -0.25) is 4.79 Å². The number of benzene rings is 2. The van der Waals surface area contributed by atoms with E-state index in [9.17, 15) is 13.2 Å². The third-order valence-corrected chi connectivity index (χ3v) is 8.63. The summed E-state index contributed by atoms with van der Waals surface area (Å²) in [6, 6.07) is 13.7. The van der Waals surface area contributed by atoms with E-state index >= 15 is 0 Å². The number of hydrogen-bond donors (Lipinski definition) is 2. The summed E-state index contributed by atoms with van der Waals surface area (Å²) in [4.78, 5) is 18.2. The van der Waals surface area contributed by atoms with Crippen LogP contribution >= 0.6 is 0 Å². The normalized spacial score (nSPS) is 17.3. The lowest BCUT2D eigenvalue weighted by Crippen LogP contribution is -2.39. The maximum Gasteiger partial charge on any atom is 0.240 e. The summed E-state index contributed by atoms with van der Waals surface area (Å²) in [5.41, 5.74) is 4.87. The van der Waals surface area contributed by atoms with Gasteiger partial charge in [-0.15, -0.1) is 0 Å². The minimum Gasteiger partial charge on any atom is -0.361 e. The highest BCUT2D eigenvalue weighted by atomic mass is 32.2.